The Bertz CT molecular complexity index is 261. The lowest BCUT2D eigenvalue weighted by Gasteiger charge is -2.38. The van der Waals surface area contributed by atoms with Crippen molar-refractivity contribution in [2.45, 2.75) is 45.7 Å². The normalized spacial score (nSPS) is 18.7. The Morgan fingerprint density at radius 2 is 1.95 bits per heavy atom. The van der Waals surface area contributed by atoms with Crippen molar-refractivity contribution < 1.29 is 9.53 Å². The Balaban J connectivity index is 2.34. The molecule has 5 heteroatoms. The van der Waals surface area contributed by atoms with Crippen molar-refractivity contribution in [1.29, 1.82) is 0 Å². The quantitative estimate of drug-likeness (QED) is 0.797. The Morgan fingerprint density at radius 1 is 1.37 bits per heavy atom. The average molecular weight is 271 g/mol. The second-order valence-electron chi connectivity index (χ2n) is 5.25. The van der Waals surface area contributed by atoms with Gasteiger partial charge in [-0.25, -0.2) is 4.79 Å². The van der Waals surface area contributed by atoms with Crippen molar-refractivity contribution >= 4 is 6.03 Å². The van der Waals surface area contributed by atoms with E-state index in [0.717, 1.165) is 39.0 Å². The minimum Gasteiger partial charge on any atom is -0.383 e. The highest BCUT2D eigenvalue weighted by molar-refractivity contribution is 5.74. The van der Waals surface area contributed by atoms with Gasteiger partial charge in [0.15, 0.2) is 0 Å². The summed E-state index contributed by atoms with van der Waals surface area (Å²) in [7, 11) is 1.65. The van der Waals surface area contributed by atoms with Crippen LogP contribution in [0.4, 0.5) is 4.79 Å². The standard InChI is InChI=1S/C14H29N3O2/c1-5-16(6-2)13-7-9-17(10-8-13)14(18)15-12(3)11-19-4/h12-13H,5-11H2,1-4H3,(H,15,18). The fraction of sp³-hybridized carbons (Fsp3) is 0.929. The molecular weight excluding hydrogens is 242 g/mol. The SMILES string of the molecule is CCN(CC)C1CCN(C(=O)NC(C)COC)CC1. The van der Waals surface area contributed by atoms with Gasteiger partial charge in [0.2, 0.25) is 0 Å². The Morgan fingerprint density at radius 3 is 2.42 bits per heavy atom. The smallest absolute Gasteiger partial charge is 0.317 e. The summed E-state index contributed by atoms with van der Waals surface area (Å²) >= 11 is 0. The van der Waals surface area contributed by atoms with Gasteiger partial charge in [-0.2, -0.15) is 0 Å². The molecule has 1 heterocycles. The molecule has 1 aliphatic heterocycles. The van der Waals surface area contributed by atoms with Crippen LogP contribution in [0.3, 0.4) is 0 Å². The van der Waals surface area contributed by atoms with Gasteiger partial charge in [0, 0.05) is 26.2 Å². The van der Waals surface area contributed by atoms with Gasteiger partial charge in [0.1, 0.15) is 0 Å². The molecule has 5 nitrogen and oxygen atoms in total. The first-order valence-corrected chi connectivity index (χ1v) is 7.40. The van der Waals surface area contributed by atoms with E-state index in [4.69, 9.17) is 4.74 Å². The number of hydrogen-bond acceptors (Lipinski definition) is 3. The zero-order valence-corrected chi connectivity index (χ0v) is 12.8. The van der Waals surface area contributed by atoms with Gasteiger partial charge in [-0.3, -0.25) is 0 Å². The fourth-order valence-corrected chi connectivity index (χ4v) is 2.77. The molecule has 1 unspecified atom stereocenters. The molecule has 19 heavy (non-hydrogen) atoms. The summed E-state index contributed by atoms with van der Waals surface area (Å²) < 4.78 is 5.03. The minimum absolute atomic E-state index is 0.0440. The maximum atomic E-state index is 12.0. The molecule has 0 aromatic rings. The fourth-order valence-electron chi connectivity index (χ4n) is 2.77. The van der Waals surface area contributed by atoms with Gasteiger partial charge in [-0.15, -0.1) is 0 Å². The zero-order valence-electron chi connectivity index (χ0n) is 12.8. The third-order valence-electron chi connectivity index (χ3n) is 3.87. The van der Waals surface area contributed by atoms with Crippen LogP contribution in [0, 0.1) is 0 Å². The van der Waals surface area contributed by atoms with Crippen molar-refractivity contribution in [3.8, 4) is 0 Å². The van der Waals surface area contributed by atoms with Crippen LogP contribution in [0.1, 0.15) is 33.6 Å². The number of nitrogens with one attached hydrogen (secondary N) is 1. The molecule has 1 rings (SSSR count). The van der Waals surface area contributed by atoms with E-state index >= 15 is 0 Å². The minimum atomic E-state index is 0.0440. The van der Waals surface area contributed by atoms with E-state index in [9.17, 15) is 4.79 Å². The molecule has 0 bridgehead atoms. The maximum Gasteiger partial charge on any atom is 0.317 e. The second-order valence-corrected chi connectivity index (χ2v) is 5.25. The van der Waals surface area contributed by atoms with Crippen molar-refractivity contribution in [1.82, 2.24) is 15.1 Å². The van der Waals surface area contributed by atoms with Gasteiger partial charge >= 0.3 is 6.03 Å². The summed E-state index contributed by atoms with van der Waals surface area (Å²) in [6, 6.07) is 0.746. The van der Waals surface area contributed by atoms with Crippen LogP contribution in [0.5, 0.6) is 0 Å². The lowest BCUT2D eigenvalue weighted by molar-refractivity contribution is 0.119. The lowest BCUT2D eigenvalue weighted by Crippen LogP contribution is -2.51. The summed E-state index contributed by atoms with van der Waals surface area (Å²) in [6.07, 6.45) is 2.15. The highest BCUT2D eigenvalue weighted by atomic mass is 16.5. The van der Waals surface area contributed by atoms with Crippen LogP contribution in [0.15, 0.2) is 0 Å². The number of urea groups is 1. The van der Waals surface area contributed by atoms with Gasteiger partial charge in [0.25, 0.3) is 0 Å². The number of likely N-dealkylation sites (tertiary alicyclic amines) is 1. The molecule has 0 aliphatic carbocycles. The first-order valence-electron chi connectivity index (χ1n) is 7.40. The van der Waals surface area contributed by atoms with E-state index in [0.29, 0.717) is 12.6 Å². The molecule has 0 aromatic heterocycles. The molecular formula is C14H29N3O2. The Labute approximate surface area is 117 Å². The van der Waals surface area contributed by atoms with Gasteiger partial charge < -0.3 is 19.9 Å². The largest absolute Gasteiger partial charge is 0.383 e. The molecule has 0 spiro atoms. The van der Waals surface area contributed by atoms with Crippen LogP contribution < -0.4 is 5.32 Å². The maximum absolute atomic E-state index is 12.0. The van der Waals surface area contributed by atoms with Crippen LogP contribution in [-0.4, -0.2) is 67.8 Å². The number of amides is 2. The van der Waals surface area contributed by atoms with Crippen molar-refractivity contribution in [2.75, 3.05) is 39.9 Å². The first-order chi connectivity index (χ1) is 9.12. The summed E-state index contributed by atoms with van der Waals surface area (Å²) in [5, 5.41) is 2.97. The lowest BCUT2D eigenvalue weighted by atomic mass is 10.0. The van der Waals surface area contributed by atoms with E-state index in [1.165, 1.54) is 0 Å². The van der Waals surface area contributed by atoms with Crippen LogP contribution in [-0.2, 0) is 4.74 Å². The van der Waals surface area contributed by atoms with Crippen LogP contribution in [0.2, 0.25) is 0 Å². The Hall–Kier alpha value is -0.810. The first kappa shape index (κ1) is 16.2. The molecule has 0 aromatic carbocycles. The molecule has 1 saturated heterocycles. The number of ether oxygens (including phenoxy) is 1. The van der Waals surface area contributed by atoms with Gasteiger partial charge in [-0.05, 0) is 32.9 Å². The summed E-state index contributed by atoms with van der Waals surface area (Å²) in [6.45, 7) is 10.8. The number of methoxy groups -OCH3 is 1. The molecule has 1 aliphatic rings. The van der Waals surface area contributed by atoms with Gasteiger partial charge in [-0.1, -0.05) is 13.8 Å². The molecule has 1 fully saturated rings. The van der Waals surface area contributed by atoms with Crippen molar-refractivity contribution in [3.63, 3.8) is 0 Å². The van der Waals surface area contributed by atoms with E-state index < -0.39 is 0 Å². The Kier molecular flexibility index (Phi) is 7.16. The second kappa shape index (κ2) is 8.38. The van der Waals surface area contributed by atoms with Crippen LogP contribution in [0.25, 0.3) is 0 Å². The topological polar surface area (TPSA) is 44.8 Å². The highest BCUT2D eigenvalue weighted by Crippen LogP contribution is 2.16. The number of piperidine rings is 1. The number of carbonyl (C=O) groups excluding carboxylic acids is 1. The summed E-state index contributed by atoms with van der Waals surface area (Å²) in [5.41, 5.74) is 0. The van der Waals surface area contributed by atoms with Crippen molar-refractivity contribution in [2.24, 2.45) is 0 Å². The average Bonchev–Trinajstić information content (AvgIpc) is 2.41. The van der Waals surface area contributed by atoms with Crippen molar-refractivity contribution in [3.05, 3.63) is 0 Å². The third kappa shape index (κ3) is 4.99. The van der Waals surface area contributed by atoms with E-state index in [2.05, 4.69) is 24.1 Å². The summed E-state index contributed by atoms with van der Waals surface area (Å²) in [4.78, 5) is 16.5. The molecule has 1 N–H and O–H groups in total. The molecule has 112 valence electrons. The number of carbonyl (C=O) groups is 1. The predicted octanol–water partition coefficient (Wildman–Crippen LogP) is 1.54. The number of rotatable bonds is 6. The molecule has 1 atom stereocenters. The summed E-state index contributed by atoms with van der Waals surface area (Å²) in [5.74, 6) is 0. The predicted molar refractivity (Wildman–Crippen MR) is 77.4 cm³/mol. The molecule has 2 amide bonds. The highest BCUT2D eigenvalue weighted by Gasteiger charge is 2.25. The van der Waals surface area contributed by atoms with Crippen LogP contribution >= 0.6 is 0 Å². The van der Waals surface area contributed by atoms with E-state index in [1.807, 2.05) is 11.8 Å². The molecule has 0 radical (unpaired) electrons. The third-order valence-corrected chi connectivity index (χ3v) is 3.87. The van der Waals surface area contributed by atoms with Gasteiger partial charge in [0.05, 0.1) is 12.6 Å². The number of hydrogen-bond donors (Lipinski definition) is 1. The van der Waals surface area contributed by atoms with E-state index in [1.54, 1.807) is 7.11 Å². The monoisotopic (exact) mass is 271 g/mol. The number of nitrogens with zero attached hydrogens (tertiary/aromatic N) is 2. The van der Waals surface area contributed by atoms with E-state index in [-0.39, 0.29) is 12.1 Å². The molecule has 0 saturated carbocycles. The zero-order chi connectivity index (χ0) is 14.3.